The lowest BCUT2D eigenvalue weighted by molar-refractivity contribution is -0.149. The highest BCUT2D eigenvalue weighted by Crippen LogP contribution is 2.25. The van der Waals surface area contributed by atoms with E-state index >= 15 is 0 Å². The number of amides is 1. The predicted octanol–water partition coefficient (Wildman–Crippen LogP) is 1.61. The van der Waals surface area contributed by atoms with E-state index in [-0.39, 0.29) is 29.9 Å². The van der Waals surface area contributed by atoms with Crippen LogP contribution in [0.15, 0.2) is 0 Å². The Kier molecular flexibility index (Phi) is 7.59. The molecule has 0 aliphatic heterocycles. The topological polar surface area (TPSA) is 67.4 Å². The van der Waals surface area contributed by atoms with Crippen LogP contribution in [0.4, 0.5) is 0 Å². The molecule has 0 spiro atoms. The largest absolute Gasteiger partial charge is 0.466 e. The number of carbonyl (C=O) groups is 2. The van der Waals surface area contributed by atoms with Gasteiger partial charge in [-0.1, -0.05) is 13.3 Å². The number of hydrogen-bond acceptors (Lipinski definition) is 4. The molecule has 0 aromatic rings. The maximum absolute atomic E-state index is 11.8. The predicted molar refractivity (Wildman–Crippen MR) is 78.3 cm³/mol. The lowest BCUT2D eigenvalue weighted by atomic mass is 9.85. The summed E-state index contributed by atoms with van der Waals surface area (Å²) in [4.78, 5) is 23.6. The van der Waals surface area contributed by atoms with Crippen LogP contribution in [-0.4, -0.2) is 37.1 Å². The fourth-order valence-corrected chi connectivity index (χ4v) is 2.65. The Morgan fingerprint density at radius 3 is 2.70 bits per heavy atom. The van der Waals surface area contributed by atoms with Crippen molar-refractivity contribution in [3.63, 3.8) is 0 Å². The molecule has 0 aromatic heterocycles. The summed E-state index contributed by atoms with van der Waals surface area (Å²) in [6.07, 6.45) is 4.62. The maximum atomic E-state index is 11.8. The van der Waals surface area contributed by atoms with Gasteiger partial charge >= 0.3 is 5.97 Å². The van der Waals surface area contributed by atoms with Crippen LogP contribution >= 0.6 is 0 Å². The summed E-state index contributed by atoms with van der Waals surface area (Å²) >= 11 is 0. The van der Waals surface area contributed by atoms with E-state index in [1.807, 2.05) is 20.8 Å². The highest BCUT2D eigenvalue weighted by atomic mass is 16.5. The number of esters is 1. The molecule has 2 N–H and O–H groups in total. The summed E-state index contributed by atoms with van der Waals surface area (Å²) < 4.78 is 5.09. The van der Waals surface area contributed by atoms with Gasteiger partial charge in [0.05, 0.1) is 18.6 Å². The molecule has 1 saturated carbocycles. The molecule has 3 unspecified atom stereocenters. The highest BCUT2D eigenvalue weighted by molar-refractivity contribution is 5.81. The smallest absolute Gasteiger partial charge is 0.308 e. The van der Waals surface area contributed by atoms with Crippen LogP contribution in [0.3, 0.4) is 0 Å². The van der Waals surface area contributed by atoms with Crippen molar-refractivity contribution < 1.29 is 14.3 Å². The quantitative estimate of drug-likeness (QED) is 0.697. The third-order valence-corrected chi connectivity index (χ3v) is 3.72. The highest BCUT2D eigenvalue weighted by Gasteiger charge is 2.29. The number of carbonyl (C=O) groups excluding carboxylic acids is 2. The van der Waals surface area contributed by atoms with Crippen LogP contribution in [-0.2, 0) is 14.3 Å². The van der Waals surface area contributed by atoms with Crippen LogP contribution < -0.4 is 10.6 Å². The van der Waals surface area contributed by atoms with E-state index in [9.17, 15) is 9.59 Å². The first kappa shape index (κ1) is 17.0. The molecule has 0 bridgehead atoms. The van der Waals surface area contributed by atoms with Crippen molar-refractivity contribution in [1.82, 2.24) is 10.6 Å². The minimum absolute atomic E-state index is 0.0212. The van der Waals surface area contributed by atoms with Crippen LogP contribution in [0.5, 0.6) is 0 Å². The standard InChI is InChI=1S/C15H28N2O3/c1-4-9-16-14(18)11(3)17-13-8-6-7-12(10-13)15(19)20-5-2/h11-13,17H,4-10H2,1-3H3,(H,16,18). The summed E-state index contributed by atoms with van der Waals surface area (Å²) in [5, 5.41) is 6.22. The molecule has 0 aromatic carbocycles. The van der Waals surface area contributed by atoms with E-state index in [0.29, 0.717) is 13.2 Å². The molecular formula is C15H28N2O3. The van der Waals surface area contributed by atoms with Gasteiger partial charge in [-0.05, 0) is 39.5 Å². The molecule has 1 rings (SSSR count). The van der Waals surface area contributed by atoms with Crippen molar-refractivity contribution in [2.75, 3.05) is 13.2 Å². The summed E-state index contributed by atoms with van der Waals surface area (Å²) in [6, 6.07) is 0.00743. The Morgan fingerprint density at radius 2 is 2.05 bits per heavy atom. The molecule has 20 heavy (non-hydrogen) atoms. The van der Waals surface area contributed by atoms with Crippen LogP contribution in [0.2, 0.25) is 0 Å². The Bertz CT molecular complexity index is 320. The molecule has 1 fully saturated rings. The Hall–Kier alpha value is -1.10. The molecule has 1 aliphatic rings. The average molecular weight is 284 g/mol. The monoisotopic (exact) mass is 284 g/mol. The van der Waals surface area contributed by atoms with Gasteiger partial charge < -0.3 is 15.4 Å². The fourth-order valence-electron chi connectivity index (χ4n) is 2.65. The van der Waals surface area contributed by atoms with Gasteiger partial charge in [0.1, 0.15) is 0 Å². The van der Waals surface area contributed by atoms with E-state index in [4.69, 9.17) is 4.74 Å². The second-order valence-electron chi connectivity index (χ2n) is 5.49. The fraction of sp³-hybridized carbons (Fsp3) is 0.867. The molecule has 1 aliphatic carbocycles. The zero-order chi connectivity index (χ0) is 15.0. The molecule has 0 saturated heterocycles. The molecule has 0 heterocycles. The van der Waals surface area contributed by atoms with Gasteiger partial charge in [-0.2, -0.15) is 0 Å². The molecule has 3 atom stereocenters. The second kappa shape index (κ2) is 8.95. The van der Waals surface area contributed by atoms with Crippen molar-refractivity contribution in [2.24, 2.45) is 5.92 Å². The first-order valence-electron chi connectivity index (χ1n) is 7.78. The van der Waals surface area contributed by atoms with Crippen LogP contribution in [0, 0.1) is 5.92 Å². The Labute approximate surface area is 121 Å². The van der Waals surface area contributed by atoms with Gasteiger partial charge in [0.15, 0.2) is 0 Å². The van der Waals surface area contributed by atoms with Gasteiger partial charge in [-0.3, -0.25) is 9.59 Å². The van der Waals surface area contributed by atoms with Gasteiger partial charge in [0.25, 0.3) is 0 Å². The Morgan fingerprint density at radius 1 is 1.30 bits per heavy atom. The summed E-state index contributed by atoms with van der Waals surface area (Å²) in [6.45, 7) is 6.88. The second-order valence-corrected chi connectivity index (χ2v) is 5.49. The first-order chi connectivity index (χ1) is 9.58. The van der Waals surface area contributed by atoms with Crippen molar-refractivity contribution in [1.29, 1.82) is 0 Å². The average Bonchev–Trinajstić information content (AvgIpc) is 2.45. The zero-order valence-electron chi connectivity index (χ0n) is 12.9. The van der Waals surface area contributed by atoms with Crippen molar-refractivity contribution >= 4 is 11.9 Å². The van der Waals surface area contributed by atoms with Crippen LogP contribution in [0.25, 0.3) is 0 Å². The van der Waals surface area contributed by atoms with Gasteiger partial charge in [0.2, 0.25) is 5.91 Å². The van der Waals surface area contributed by atoms with Crippen molar-refractivity contribution in [3.05, 3.63) is 0 Å². The molecule has 116 valence electrons. The number of ether oxygens (including phenoxy) is 1. The third-order valence-electron chi connectivity index (χ3n) is 3.72. The van der Waals surface area contributed by atoms with Gasteiger partial charge in [-0.15, -0.1) is 0 Å². The lowest BCUT2D eigenvalue weighted by Gasteiger charge is -2.30. The third kappa shape index (κ3) is 5.49. The maximum Gasteiger partial charge on any atom is 0.308 e. The summed E-state index contributed by atoms with van der Waals surface area (Å²) in [5.74, 6) is -0.0840. The Balaban J connectivity index is 2.39. The van der Waals surface area contributed by atoms with E-state index in [2.05, 4.69) is 10.6 Å². The van der Waals surface area contributed by atoms with E-state index in [1.165, 1.54) is 0 Å². The first-order valence-corrected chi connectivity index (χ1v) is 7.78. The minimum atomic E-state index is -0.215. The number of rotatable bonds is 7. The molecule has 0 radical (unpaired) electrons. The summed E-state index contributed by atoms with van der Waals surface area (Å²) in [7, 11) is 0. The summed E-state index contributed by atoms with van der Waals surface area (Å²) in [5.41, 5.74) is 0. The SMILES string of the molecule is CCCNC(=O)C(C)NC1CCCC(C(=O)OCC)C1. The molecule has 1 amide bonds. The van der Waals surface area contributed by atoms with Gasteiger partial charge in [-0.25, -0.2) is 0 Å². The van der Waals surface area contributed by atoms with Gasteiger partial charge in [0, 0.05) is 12.6 Å². The van der Waals surface area contributed by atoms with Crippen molar-refractivity contribution in [3.8, 4) is 0 Å². The molecular weight excluding hydrogens is 256 g/mol. The molecule has 5 nitrogen and oxygen atoms in total. The molecule has 5 heteroatoms. The lowest BCUT2D eigenvalue weighted by Crippen LogP contribution is -2.48. The number of hydrogen-bond donors (Lipinski definition) is 2. The van der Waals surface area contributed by atoms with E-state index in [0.717, 1.165) is 32.1 Å². The van der Waals surface area contributed by atoms with Crippen LogP contribution in [0.1, 0.15) is 52.9 Å². The van der Waals surface area contributed by atoms with E-state index < -0.39 is 0 Å². The minimum Gasteiger partial charge on any atom is -0.466 e. The van der Waals surface area contributed by atoms with Crippen molar-refractivity contribution in [2.45, 2.75) is 65.0 Å². The normalized spacial score (nSPS) is 23.9. The van der Waals surface area contributed by atoms with E-state index in [1.54, 1.807) is 0 Å². The number of nitrogens with one attached hydrogen (secondary N) is 2. The zero-order valence-corrected chi connectivity index (χ0v) is 12.9.